The van der Waals surface area contributed by atoms with Crippen LogP contribution in [-0.2, 0) is 4.74 Å². The van der Waals surface area contributed by atoms with Gasteiger partial charge in [0, 0.05) is 0 Å². The van der Waals surface area contributed by atoms with Crippen molar-refractivity contribution in [1.82, 2.24) is 0 Å². The molecule has 0 saturated carbocycles. The maximum absolute atomic E-state index is 12.3. The Balaban J connectivity index is 1.30. The van der Waals surface area contributed by atoms with Crippen LogP contribution in [0.15, 0.2) is 97.1 Å². The van der Waals surface area contributed by atoms with Crippen LogP contribution in [0.3, 0.4) is 0 Å². The zero-order valence-corrected chi connectivity index (χ0v) is 17.1. The predicted octanol–water partition coefficient (Wildman–Crippen LogP) is 5.79. The second kappa shape index (κ2) is 9.50. The number of aromatic hydroxyl groups is 1. The van der Waals surface area contributed by atoms with Crippen molar-refractivity contribution >= 4 is 5.97 Å². The molecule has 32 heavy (non-hydrogen) atoms. The van der Waals surface area contributed by atoms with Crippen molar-refractivity contribution in [2.45, 2.75) is 0 Å². The summed E-state index contributed by atoms with van der Waals surface area (Å²) in [6.07, 6.45) is 0. The molecule has 0 radical (unpaired) electrons. The van der Waals surface area contributed by atoms with E-state index < -0.39 is 5.97 Å². The first-order valence-corrected chi connectivity index (χ1v) is 9.92. The summed E-state index contributed by atoms with van der Waals surface area (Å²) in [5.74, 6) is 0.312. The molecule has 0 atom stereocenters. The van der Waals surface area contributed by atoms with E-state index >= 15 is 0 Å². The van der Waals surface area contributed by atoms with Gasteiger partial charge in [0.05, 0.1) is 17.2 Å². The number of hydrogen-bond donors (Lipinski definition) is 1. The Kier molecular flexibility index (Phi) is 6.15. The van der Waals surface area contributed by atoms with Crippen molar-refractivity contribution in [2.75, 3.05) is 6.79 Å². The molecule has 156 valence electrons. The van der Waals surface area contributed by atoms with E-state index in [-0.39, 0.29) is 12.5 Å². The summed E-state index contributed by atoms with van der Waals surface area (Å²) in [6.45, 7) is -0.200. The van der Waals surface area contributed by atoms with E-state index in [2.05, 4.69) is 6.07 Å². The largest absolute Gasteiger partial charge is 0.508 e. The monoisotopic (exact) mass is 421 g/mol. The topological polar surface area (TPSA) is 79.5 Å². The van der Waals surface area contributed by atoms with Gasteiger partial charge in [-0.2, -0.15) is 5.26 Å². The number of hydrogen-bond acceptors (Lipinski definition) is 5. The van der Waals surface area contributed by atoms with E-state index in [0.29, 0.717) is 16.9 Å². The number of rotatable bonds is 6. The van der Waals surface area contributed by atoms with E-state index in [0.717, 1.165) is 22.3 Å². The Morgan fingerprint density at radius 3 is 1.72 bits per heavy atom. The fourth-order valence-corrected chi connectivity index (χ4v) is 3.17. The fraction of sp³-hybridized carbons (Fsp3) is 0.0370. The van der Waals surface area contributed by atoms with Crippen LogP contribution in [0.5, 0.6) is 11.5 Å². The first-order valence-electron chi connectivity index (χ1n) is 9.92. The fourth-order valence-electron chi connectivity index (χ4n) is 3.17. The second-order valence-corrected chi connectivity index (χ2v) is 7.03. The molecule has 0 spiro atoms. The Morgan fingerprint density at radius 1 is 0.719 bits per heavy atom. The number of nitrogens with zero attached hydrogens (tertiary/aromatic N) is 1. The van der Waals surface area contributed by atoms with Crippen molar-refractivity contribution < 1.29 is 19.4 Å². The van der Waals surface area contributed by atoms with Crippen LogP contribution in [0.2, 0.25) is 0 Å². The molecule has 0 aliphatic carbocycles. The summed E-state index contributed by atoms with van der Waals surface area (Å²) < 4.78 is 10.7. The van der Waals surface area contributed by atoms with Crippen LogP contribution in [0.1, 0.15) is 15.9 Å². The molecule has 0 aliphatic rings. The van der Waals surface area contributed by atoms with Gasteiger partial charge < -0.3 is 14.6 Å². The third-order valence-corrected chi connectivity index (χ3v) is 4.94. The molecule has 0 heterocycles. The van der Waals surface area contributed by atoms with Gasteiger partial charge in [0.15, 0.2) is 0 Å². The third-order valence-electron chi connectivity index (χ3n) is 4.94. The van der Waals surface area contributed by atoms with Crippen molar-refractivity contribution in [1.29, 1.82) is 5.26 Å². The van der Waals surface area contributed by atoms with Crippen LogP contribution >= 0.6 is 0 Å². The highest BCUT2D eigenvalue weighted by atomic mass is 16.7. The summed E-state index contributed by atoms with van der Waals surface area (Å²) in [5, 5.41) is 18.3. The number of carbonyl (C=O) groups excluding carboxylic acids is 1. The molecule has 5 heteroatoms. The number of nitriles is 1. The molecular formula is C27H19NO4. The van der Waals surface area contributed by atoms with E-state index in [4.69, 9.17) is 14.7 Å². The molecule has 5 nitrogen and oxygen atoms in total. The molecule has 0 aromatic heterocycles. The lowest BCUT2D eigenvalue weighted by atomic mass is 10.0. The summed E-state index contributed by atoms with van der Waals surface area (Å²) in [5.41, 5.74) is 4.90. The van der Waals surface area contributed by atoms with Gasteiger partial charge in [0.1, 0.15) is 11.5 Å². The van der Waals surface area contributed by atoms with Crippen LogP contribution in [0.25, 0.3) is 22.3 Å². The average Bonchev–Trinajstić information content (AvgIpc) is 2.85. The van der Waals surface area contributed by atoms with Crippen LogP contribution in [-0.4, -0.2) is 17.9 Å². The van der Waals surface area contributed by atoms with Gasteiger partial charge in [-0.1, -0.05) is 48.5 Å². The van der Waals surface area contributed by atoms with Crippen LogP contribution < -0.4 is 4.74 Å². The van der Waals surface area contributed by atoms with E-state index in [1.807, 2.05) is 48.5 Å². The SMILES string of the molecule is N#Cc1ccc(-c2ccc(OCOC(=O)c3ccc(-c4ccc(O)cc4)cc3)cc2)cc1. The maximum Gasteiger partial charge on any atom is 0.340 e. The molecule has 0 bridgehead atoms. The van der Waals surface area contributed by atoms with Crippen molar-refractivity contribution in [3.63, 3.8) is 0 Å². The van der Waals surface area contributed by atoms with Gasteiger partial charge >= 0.3 is 5.97 Å². The smallest absolute Gasteiger partial charge is 0.340 e. The van der Waals surface area contributed by atoms with Crippen molar-refractivity contribution in [2.24, 2.45) is 0 Å². The molecule has 0 unspecified atom stereocenters. The lowest BCUT2D eigenvalue weighted by molar-refractivity contribution is 0.0154. The molecule has 0 amide bonds. The minimum Gasteiger partial charge on any atom is -0.508 e. The summed E-state index contributed by atoms with van der Waals surface area (Å²) in [6, 6.07) is 30.7. The van der Waals surface area contributed by atoms with Crippen LogP contribution in [0.4, 0.5) is 0 Å². The standard InChI is InChI=1S/C27H19NO4/c28-17-19-1-3-20(4-2-19)23-11-15-26(16-12-23)31-18-32-27(30)24-7-5-21(6-8-24)22-9-13-25(29)14-10-22/h1-16,29H,18H2. The van der Waals surface area contributed by atoms with E-state index in [9.17, 15) is 9.90 Å². The molecule has 0 aliphatic heterocycles. The van der Waals surface area contributed by atoms with Gasteiger partial charge in [-0.25, -0.2) is 4.79 Å². The van der Waals surface area contributed by atoms with E-state index in [1.165, 1.54) is 0 Å². The molecule has 1 N–H and O–H groups in total. The normalized spacial score (nSPS) is 10.2. The second-order valence-electron chi connectivity index (χ2n) is 7.03. The van der Waals surface area contributed by atoms with E-state index in [1.54, 1.807) is 48.5 Å². The highest BCUT2D eigenvalue weighted by Crippen LogP contribution is 2.24. The van der Waals surface area contributed by atoms with Gasteiger partial charge in [0.25, 0.3) is 0 Å². The van der Waals surface area contributed by atoms with Gasteiger partial charge in [-0.15, -0.1) is 0 Å². The van der Waals surface area contributed by atoms with Crippen LogP contribution in [0, 0.1) is 11.3 Å². The Labute approximate surface area is 185 Å². The first kappa shape index (κ1) is 20.7. The maximum atomic E-state index is 12.3. The Bertz CT molecular complexity index is 1240. The zero-order chi connectivity index (χ0) is 22.3. The predicted molar refractivity (Wildman–Crippen MR) is 121 cm³/mol. The third kappa shape index (κ3) is 4.94. The van der Waals surface area contributed by atoms with Crippen molar-refractivity contribution in [3.05, 3.63) is 108 Å². The molecule has 4 rings (SSSR count). The minimum atomic E-state index is -0.476. The first-order chi connectivity index (χ1) is 15.6. The Morgan fingerprint density at radius 2 is 1.19 bits per heavy atom. The minimum absolute atomic E-state index is 0.200. The lowest BCUT2D eigenvalue weighted by Gasteiger charge is -2.09. The number of ether oxygens (including phenoxy) is 2. The van der Waals surface area contributed by atoms with Gasteiger partial charge in [-0.3, -0.25) is 0 Å². The Hall–Kier alpha value is -4.56. The molecular weight excluding hydrogens is 402 g/mol. The molecule has 0 saturated heterocycles. The number of carbonyl (C=O) groups is 1. The number of phenols is 1. The molecule has 4 aromatic carbocycles. The van der Waals surface area contributed by atoms with Gasteiger partial charge in [-0.05, 0) is 70.8 Å². The summed E-state index contributed by atoms with van der Waals surface area (Å²) in [7, 11) is 0. The summed E-state index contributed by atoms with van der Waals surface area (Å²) in [4.78, 5) is 12.3. The number of benzene rings is 4. The number of phenolic OH excluding ortho intramolecular Hbond substituents is 1. The molecule has 4 aromatic rings. The molecule has 0 fully saturated rings. The highest BCUT2D eigenvalue weighted by molar-refractivity contribution is 5.90. The number of esters is 1. The highest BCUT2D eigenvalue weighted by Gasteiger charge is 2.08. The van der Waals surface area contributed by atoms with Crippen molar-refractivity contribution in [3.8, 4) is 39.8 Å². The summed E-state index contributed by atoms with van der Waals surface area (Å²) >= 11 is 0. The zero-order valence-electron chi connectivity index (χ0n) is 17.1. The van der Waals surface area contributed by atoms with Gasteiger partial charge in [0.2, 0.25) is 6.79 Å². The average molecular weight is 421 g/mol. The quantitative estimate of drug-likeness (QED) is 0.315. The lowest BCUT2D eigenvalue weighted by Crippen LogP contribution is -2.10.